The Balaban J connectivity index is 3.51. The maximum Gasteiger partial charge on any atom is 0.397 e. The Labute approximate surface area is 70.6 Å². The second-order valence-corrected chi connectivity index (χ2v) is 3.01. The quantitative estimate of drug-likeness (QED) is 0.708. The minimum atomic E-state index is -4.32. The molecular weight excluding hydrogens is 197 g/mol. The monoisotopic (exact) mass is 204 g/mol. The number of aliphatic hydroxyl groups excluding tert-OH is 1. The number of halogens is 3. The van der Waals surface area contributed by atoms with Gasteiger partial charge in [0.25, 0.3) is 0 Å². The van der Waals surface area contributed by atoms with Crippen LogP contribution in [0, 0.1) is 0 Å². The second kappa shape index (κ2) is 4.56. The number of rotatable bonds is 4. The minimum absolute atomic E-state index is 0.341. The van der Waals surface area contributed by atoms with Crippen molar-refractivity contribution in [1.29, 1.82) is 0 Å². The molecule has 1 unspecified atom stereocenters. The third-order valence-corrected chi connectivity index (χ3v) is 1.91. The molecule has 0 aromatic rings. The van der Waals surface area contributed by atoms with Gasteiger partial charge in [0.05, 0.1) is 5.75 Å². The van der Waals surface area contributed by atoms with Gasteiger partial charge in [0, 0.05) is 5.75 Å². The first-order chi connectivity index (χ1) is 5.33. The molecule has 0 aromatic carbocycles. The van der Waals surface area contributed by atoms with Crippen LogP contribution in [0.5, 0.6) is 0 Å². The average molecular weight is 204 g/mol. The van der Waals surface area contributed by atoms with Crippen molar-refractivity contribution in [3.05, 3.63) is 0 Å². The van der Waals surface area contributed by atoms with Crippen LogP contribution in [0.4, 0.5) is 13.2 Å². The van der Waals surface area contributed by atoms with Gasteiger partial charge in [0.1, 0.15) is 0 Å². The molecule has 0 fully saturated rings. The van der Waals surface area contributed by atoms with E-state index in [1.54, 1.807) is 0 Å². The highest BCUT2D eigenvalue weighted by molar-refractivity contribution is 7.99. The Hall–Kier alpha value is -0.430. The van der Waals surface area contributed by atoms with Gasteiger partial charge in [0.2, 0.25) is 0 Å². The molecule has 0 aliphatic rings. The van der Waals surface area contributed by atoms with E-state index in [2.05, 4.69) is 0 Å². The Morgan fingerprint density at radius 1 is 1.50 bits per heavy atom. The Morgan fingerprint density at radius 3 is 2.33 bits per heavy atom. The molecular formula is C5H7F3O3S. The SMILES string of the molecule is O=C(O)C(O)CSCC(F)(F)F. The van der Waals surface area contributed by atoms with Gasteiger partial charge >= 0.3 is 12.1 Å². The molecule has 0 aliphatic carbocycles. The van der Waals surface area contributed by atoms with Crippen LogP contribution in [-0.4, -0.2) is 40.0 Å². The van der Waals surface area contributed by atoms with Crippen molar-refractivity contribution >= 4 is 17.7 Å². The summed E-state index contributed by atoms with van der Waals surface area (Å²) >= 11 is 0.341. The summed E-state index contributed by atoms with van der Waals surface area (Å²) in [7, 11) is 0. The lowest BCUT2D eigenvalue weighted by atomic mass is 10.4. The van der Waals surface area contributed by atoms with Gasteiger partial charge in [-0.05, 0) is 0 Å². The number of aliphatic carboxylic acids is 1. The van der Waals surface area contributed by atoms with E-state index < -0.39 is 29.8 Å². The molecule has 0 heterocycles. The molecule has 0 spiro atoms. The fraction of sp³-hybridized carbons (Fsp3) is 0.800. The zero-order chi connectivity index (χ0) is 9.78. The van der Waals surface area contributed by atoms with Crippen LogP contribution in [0.1, 0.15) is 0 Å². The van der Waals surface area contributed by atoms with Gasteiger partial charge in [-0.2, -0.15) is 13.2 Å². The van der Waals surface area contributed by atoms with Crippen LogP contribution in [-0.2, 0) is 4.79 Å². The van der Waals surface area contributed by atoms with Crippen LogP contribution in [0.2, 0.25) is 0 Å². The predicted octanol–water partition coefficient (Wildman–Crippen LogP) is 0.727. The number of aliphatic hydroxyl groups is 1. The number of hydrogen-bond donors (Lipinski definition) is 2. The van der Waals surface area contributed by atoms with Gasteiger partial charge in [0.15, 0.2) is 6.10 Å². The van der Waals surface area contributed by atoms with Crippen molar-refractivity contribution in [2.24, 2.45) is 0 Å². The Kier molecular flexibility index (Phi) is 4.40. The maximum absolute atomic E-state index is 11.5. The van der Waals surface area contributed by atoms with Crippen molar-refractivity contribution in [3.8, 4) is 0 Å². The summed E-state index contributed by atoms with van der Waals surface area (Å²) in [6.45, 7) is 0. The predicted molar refractivity (Wildman–Crippen MR) is 37.0 cm³/mol. The van der Waals surface area contributed by atoms with E-state index in [1.807, 2.05) is 0 Å². The van der Waals surface area contributed by atoms with E-state index in [9.17, 15) is 18.0 Å². The topological polar surface area (TPSA) is 57.5 Å². The summed E-state index contributed by atoms with van der Waals surface area (Å²) in [4.78, 5) is 9.91. The molecule has 0 aliphatic heterocycles. The molecule has 0 radical (unpaired) electrons. The molecule has 12 heavy (non-hydrogen) atoms. The lowest BCUT2D eigenvalue weighted by Crippen LogP contribution is -2.23. The van der Waals surface area contributed by atoms with E-state index in [0.717, 1.165) is 0 Å². The fourth-order valence-electron chi connectivity index (χ4n) is 0.358. The molecule has 72 valence electrons. The largest absolute Gasteiger partial charge is 0.479 e. The van der Waals surface area contributed by atoms with E-state index in [0.29, 0.717) is 11.8 Å². The lowest BCUT2D eigenvalue weighted by molar-refractivity contribution is -0.145. The van der Waals surface area contributed by atoms with Gasteiger partial charge in [-0.15, -0.1) is 11.8 Å². The minimum Gasteiger partial charge on any atom is -0.479 e. The molecule has 0 rings (SSSR count). The zero-order valence-electron chi connectivity index (χ0n) is 5.84. The zero-order valence-corrected chi connectivity index (χ0v) is 6.65. The highest BCUT2D eigenvalue weighted by Crippen LogP contribution is 2.21. The first-order valence-corrected chi connectivity index (χ1v) is 4.04. The van der Waals surface area contributed by atoms with Gasteiger partial charge in [-0.25, -0.2) is 4.79 Å². The number of carboxylic acids is 1. The van der Waals surface area contributed by atoms with Crippen LogP contribution in [0.25, 0.3) is 0 Å². The third kappa shape index (κ3) is 6.29. The van der Waals surface area contributed by atoms with Crippen molar-refractivity contribution in [1.82, 2.24) is 0 Å². The molecule has 2 N–H and O–H groups in total. The van der Waals surface area contributed by atoms with Crippen molar-refractivity contribution < 1.29 is 28.2 Å². The molecule has 0 amide bonds. The number of thioether (sulfide) groups is 1. The molecule has 0 saturated heterocycles. The number of alkyl halides is 3. The highest BCUT2D eigenvalue weighted by atomic mass is 32.2. The smallest absolute Gasteiger partial charge is 0.397 e. The second-order valence-electron chi connectivity index (χ2n) is 1.98. The van der Waals surface area contributed by atoms with E-state index in [4.69, 9.17) is 10.2 Å². The normalized spacial score (nSPS) is 14.3. The summed E-state index contributed by atoms with van der Waals surface area (Å²) in [5.74, 6) is -3.10. The van der Waals surface area contributed by atoms with Crippen molar-refractivity contribution in [2.75, 3.05) is 11.5 Å². The number of hydrogen-bond acceptors (Lipinski definition) is 3. The van der Waals surface area contributed by atoms with Gasteiger partial charge in [-0.1, -0.05) is 0 Å². The van der Waals surface area contributed by atoms with Crippen molar-refractivity contribution in [2.45, 2.75) is 12.3 Å². The molecule has 0 saturated carbocycles. The molecule has 0 aromatic heterocycles. The van der Waals surface area contributed by atoms with Crippen molar-refractivity contribution in [3.63, 3.8) is 0 Å². The summed E-state index contributed by atoms with van der Waals surface area (Å²) < 4.78 is 34.4. The Morgan fingerprint density at radius 2 is 2.00 bits per heavy atom. The lowest BCUT2D eigenvalue weighted by Gasteiger charge is -2.07. The summed E-state index contributed by atoms with van der Waals surface area (Å²) in [6.07, 6.45) is -6.04. The number of carboxylic acid groups (broad SMARTS) is 1. The summed E-state index contributed by atoms with van der Waals surface area (Å²) in [5, 5.41) is 16.6. The van der Waals surface area contributed by atoms with E-state index in [1.165, 1.54) is 0 Å². The molecule has 7 heteroatoms. The van der Waals surface area contributed by atoms with Crippen LogP contribution >= 0.6 is 11.8 Å². The first kappa shape index (κ1) is 11.6. The molecule has 3 nitrogen and oxygen atoms in total. The fourth-order valence-corrected chi connectivity index (χ4v) is 1.07. The molecule has 0 bridgehead atoms. The highest BCUT2D eigenvalue weighted by Gasteiger charge is 2.27. The Bertz CT molecular complexity index is 159. The van der Waals surface area contributed by atoms with Crippen LogP contribution in [0.15, 0.2) is 0 Å². The van der Waals surface area contributed by atoms with Crippen LogP contribution in [0.3, 0.4) is 0 Å². The van der Waals surface area contributed by atoms with E-state index >= 15 is 0 Å². The summed E-state index contributed by atoms with van der Waals surface area (Å²) in [5.41, 5.74) is 0. The maximum atomic E-state index is 11.5. The summed E-state index contributed by atoms with van der Waals surface area (Å²) in [6, 6.07) is 0. The van der Waals surface area contributed by atoms with E-state index in [-0.39, 0.29) is 0 Å². The molecule has 1 atom stereocenters. The first-order valence-electron chi connectivity index (χ1n) is 2.88. The van der Waals surface area contributed by atoms with Crippen LogP contribution < -0.4 is 0 Å². The average Bonchev–Trinajstić information content (AvgIpc) is 1.84. The standard InChI is InChI=1S/C5H7F3O3S/c6-5(7,8)2-12-1-3(9)4(10)11/h3,9H,1-2H2,(H,10,11). The van der Waals surface area contributed by atoms with Gasteiger partial charge < -0.3 is 10.2 Å². The number of carbonyl (C=O) groups is 1. The third-order valence-electron chi connectivity index (χ3n) is 0.827. The van der Waals surface area contributed by atoms with Gasteiger partial charge in [-0.3, -0.25) is 0 Å².